The fraction of sp³-hybridized carbons (Fsp3) is 0.0435. The second-order valence-electron chi connectivity index (χ2n) is 6.99. The Morgan fingerprint density at radius 3 is 2.28 bits per heavy atom. The number of hydrogen-bond donors (Lipinski definition) is 2. The van der Waals surface area contributed by atoms with E-state index in [1.807, 2.05) is 0 Å². The molecule has 0 saturated heterocycles. The summed E-state index contributed by atoms with van der Waals surface area (Å²) in [6, 6.07) is 21.6. The lowest BCUT2D eigenvalue weighted by molar-refractivity contribution is 0.601. The van der Waals surface area contributed by atoms with Crippen molar-refractivity contribution < 1.29 is 8.42 Å². The van der Waals surface area contributed by atoms with Crippen molar-refractivity contribution in [1.82, 2.24) is 9.78 Å². The van der Waals surface area contributed by atoms with Crippen LogP contribution in [0.2, 0.25) is 5.02 Å². The van der Waals surface area contributed by atoms with Gasteiger partial charge in [-0.25, -0.2) is 13.1 Å². The van der Waals surface area contributed by atoms with Crippen molar-refractivity contribution in [2.75, 3.05) is 4.72 Å². The van der Waals surface area contributed by atoms with Gasteiger partial charge in [-0.15, -0.1) is 0 Å². The SMILES string of the molecule is Cc1[nH]n(-c2ccc(Cl)cc2)c(=O)c1C=Nc1ccc(S(=O)(=O)Nc2ccccc2)cc1. The van der Waals surface area contributed by atoms with E-state index in [0.29, 0.717) is 33.3 Å². The molecule has 0 saturated carbocycles. The number of nitrogens with zero attached hydrogens (tertiary/aromatic N) is 2. The Labute approximate surface area is 190 Å². The molecule has 162 valence electrons. The number of rotatable bonds is 6. The molecule has 4 aromatic rings. The highest BCUT2D eigenvalue weighted by atomic mass is 35.5. The molecule has 7 nitrogen and oxygen atoms in total. The third-order valence-electron chi connectivity index (χ3n) is 4.72. The second kappa shape index (κ2) is 8.86. The zero-order chi connectivity index (χ0) is 22.7. The van der Waals surface area contributed by atoms with Gasteiger partial charge >= 0.3 is 0 Å². The maximum absolute atomic E-state index is 12.8. The number of para-hydroxylation sites is 1. The van der Waals surface area contributed by atoms with Crippen LogP contribution < -0.4 is 10.3 Å². The Morgan fingerprint density at radius 1 is 0.969 bits per heavy atom. The minimum atomic E-state index is -3.71. The quantitative estimate of drug-likeness (QED) is 0.404. The third-order valence-corrected chi connectivity index (χ3v) is 6.37. The van der Waals surface area contributed by atoms with Gasteiger partial charge in [-0.2, -0.15) is 0 Å². The number of anilines is 1. The van der Waals surface area contributed by atoms with E-state index < -0.39 is 10.0 Å². The highest BCUT2D eigenvalue weighted by Crippen LogP contribution is 2.20. The molecule has 4 rings (SSSR count). The van der Waals surface area contributed by atoms with Gasteiger partial charge in [0.25, 0.3) is 15.6 Å². The summed E-state index contributed by atoms with van der Waals surface area (Å²) in [7, 11) is -3.71. The summed E-state index contributed by atoms with van der Waals surface area (Å²) in [6.07, 6.45) is 1.46. The van der Waals surface area contributed by atoms with E-state index in [2.05, 4.69) is 14.8 Å². The number of benzene rings is 3. The van der Waals surface area contributed by atoms with Crippen LogP contribution in [0.25, 0.3) is 5.69 Å². The molecular formula is C23H19ClN4O3S. The summed E-state index contributed by atoms with van der Waals surface area (Å²) in [5.41, 5.74) is 2.46. The van der Waals surface area contributed by atoms with Gasteiger partial charge < -0.3 is 0 Å². The Balaban J connectivity index is 1.55. The minimum absolute atomic E-state index is 0.114. The minimum Gasteiger partial charge on any atom is -0.295 e. The number of H-pyrrole nitrogens is 1. The van der Waals surface area contributed by atoms with Crippen molar-refractivity contribution in [3.05, 3.63) is 105 Å². The van der Waals surface area contributed by atoms with Crippen molar-refractivity contribution in [3.8, 4) is 5.69 Å². The van der Waals surface area contributed by atoms with Gasteiger partial charge in [0.15, 0.2) is 0 Å². The van der Waals surface area contributed by atoms with Gasteiger partial charge in [0.1, 0.15) is 0 Å². The molecule has 0 radical (unpaired) electrons. The summed E-state index contributed by atoms with van der Waals surface area (Å²) >= 11 is 5.91. The molecule has 3 aromatic carbocycles. The molecule has 0 aliphatic carbocycles. The summed E-state index contributed by atoms with van der Waals surface area (Å²) in [4.78, 5) is 17.2. The highest BCUT2D eigenvalue weighted by Gasteiger charge is 2.14. The van der Waals surface area contributed by atoms with Crippen molar-refractivity contribution in [2.45, 2.75) is 11.8 Å². The summed E-state index contributed by atoms with van der Waals surface area (Å²) < 4.78 is 29.0. The van der Waals surface area contributed by atoms with Crippen LogP contribution in [0.5, 0.6) is 0 Å². The topological polar surface area (TPSA) is 96.3 Å². The number of nitrogens with one attached hydrogen (secondary N) is 2. The predicted octanol–water partition coefficient (Wildman–Crippen LogP) is 4.68. The molecule has 0 aliphatic rings. The number of aromatic amines is 1. The third kappa shape index (κ3) is 4.66. The molecule has 0 bridgehead atoms. The van der Waals surface area contributed by atoms with E-state index in [4.69, 9.17) is 11.6 Å². The fourth-order valence-corrected chi connectivity index (χ4v) is 4.24. The monoisotopic (exact) mass is 466 g/mol. The first-order valence-corrected chi connectivity index (χ1v) is 11.5. The fourth-order valence-electron chi connectivity index (χ4n) is 3.05. The average Bonchev–Trinajstić information content (AvgIpc) is 3.07. The Hall–Kier alpha value is -3.62. The molecule has 0 fully saturated rings. The predicted molar refractivity (Wildman–Crippen MR) is 127 cm³/mol. The Kier molecular flexibility index (Phi) is 5.98. The van der Waals surface area contributed by atoms with E-state index in [9.17, 15) is 13.2 Å². The number of aliphatic imine (C=N–C) groups is 1. The van der Waals surface area contributed by atoms with E-state index in [0.717, 1.165) is 0 Å². The molecule has 32 heavy (non-hydrogen) atoms. The number of aryl methyl sites for hydroxylation is 1. The summed E-state index contributed by atoms with van der Waals surface area (Å²) in [5, 5.41) is 3.60. The van der Waals surface area contributed by atoms with Crippen LogP contribution >= 0.6 is 11.6 Å². The molecule has 0 atom stereocenters. The smallest absolute Gasteiger partial charge is 0.280 e. The number of sulfonamides is 1. The van der Waals surface area contributed by atoms with Crippen molar-refractivity contribution in [3.63, 3.8) is 0 Å². The van der Waals surface area contributed by atoms with Gasteiger partial charge in [-0.3, -0.25) is 19.6 Å². The van der Waals surface area contributed by atoms with Crippen LogP contribution in [-0.4, -0.2) is 24.4 Å². The molecule has 0 unspecified atom stereocenters. The van der Waals surface area contributed by atoms with E-state index >= 15 is 0 Å². The highest BCUT2D eigenvalue weighted by molar-refractivity contribution is 7.92. The number of aromatic nitrogens is 2. The first-order valence-electron chi connectivity index (χ1n) is 9.63. The zero-order valence-electron chi connectivity index (χ0n) is 17.0. The molecule has 1 aromatic heterocycles. The molecule has 0 spiro atoms. The van der Waals surface area contributed by atoms with E-state index in [1.54, 1.807) is 73.7 Å². The first kappa shape index (κ1) is 21.6. The number of hydrogen-bond acceptors (Lipinski definition) is 4. The van der Waals surface area contributed by atoms with Gasteiger partial charge in [0, 0.05) is 22.6 Å². The largest absolute Gasteiger partial charge is 0.295 e. The van der Waals surface area contributed by atoms with E-state index in [-0.39, 0.29) is 10.5 Å². The zero-order valence-corrected chi connectivity index (χ0v) is 18.6. The molecule has 1 heterocycles. The average molecular weight is 467 g/mol. The second-order valence-corrected chi connectivity index (χ2v) is 9.11. The molecule has 0 aliphatic heterocycles. The molecule has 2 N–H and O–H groups in total. The van der Waals surface area contributed by atoms with Crippen molar-refractivity contribution in [1.29, 1.82) is 0 Å². The Morgan fingerprint density at radius 2 is 1.62 bits per heavy atom. The van der Waals surface area contributed by atoms with Gasteiger partial charge in [-0.05, 0) is 67.6 Å². The molecule has 0 amide bonds. The van der Waals surface area contributed by atoms with Crippen LogP contribution in [0, 0.1) is 6.92 Å². The van der Waals surface area contributed by atoms with Crippen LogP contribution in [0.4, 0.5) is 11.4 Å². The van der Waals surface area contributed by atoms with Crippen LogP contribution in [0.1, 0.15) is 11.3 Å². The van der Waals surface area contributed by atoms with Crippen LogP contribution in [0.15, 0.2) is 93.5 Å². The lowest BCUT2D eigenvalue weighted by Crippen LogP contribution is -2.17. The standard InChI is InChI=1S/C23H19ClN4O3S/c1-16-22(23(29)28(26-16)20-11-7-17(24)8-12-20)15-25-18-9-13-21(14-10-18)32(30,31)27-19-5-3-2-4-6-19/h2-15,26-27H,1H3. The Bertz CT molecular complexity index is 1420. The van der Waals surface area contributed by atoms with Gasteiger partial charge in [0.05, 0.1) is 21.8 Å². The van der Waals surface area contributed by atoms with Crippen LogP contribution in [0.3, 0.4) is 0 Å². The maximum Gasteiger partial charge on any atom is 0.280 e. The van der Waals surface area contributed by atoms with Gasteiger partial charge in [-0.1, -0.05) is 29.8 Å². The molecular weight excluding hydrogens is 448 g/mol. The number of halogens is 1. The maximum atomic E-state index is 12.8. The van der Waals surface area contributed by atoms with Crippen molar-refractivity contribution in [2.24, 2.45) is 4.99 Å². The van der Waals surface area contributed by atoms with Crippen LogP contribution in [-0.2, 0) is 10.0 Å². The lowest BCUT2D eigenvalue weighted by atomic mass is 10.2. The normalized spacial score (nSPS) is 11.7. The first-order chi connectivity index (χ1) is 15.3. The van der Waals surface area contributed by atoms with E-state index in [1.165, 1.54) is 23.0 Å². The summed E-state index contributed by atoms with van der Waals surface area (Å²) in [6.45, 7) is 1.78. The van der Waals surface area contributed by atoms with Crippen molar-refractivity contribution >= 4 is 39.2 Å². The molecule has 9 heteroatoms. The van der Waals surface area contributed by atoms with Gasteiger partial charge in [0.2, 0.25) is 0 Å². The lowest BCUT2D eigenvalue weighted by Gasteiger charge is -2.07. The summed E-state index contributed by atoms with van der Waals surface area (Å²) in [5.74, 6) is 0.